The minimum Gasteiger partial charge on any atom is -0.463 e. The summed E-state index contributed by atoms with van der Waals surface area (Å²) in [7, 11) is 0. The molecule has 0 saturated carbocycles. The molecular weight excluding hydrogens is 508 g/mol. The number of rotatable bonds is 6. The zero-order valence-electron chi connectivity index (χ0n) is 23.0. The van der Waals surface area contributed by atoms with Crippen LogP contribution in [0, 0.1) is 22.7 Å². The molecule has 1 aromatic carbocycles. The molecule has 2 aliphatic rings. The molecule has 1 aromatic heterocycles. The lowest BCUT2D eigenvalue weighted by atomic mass is 9.80. The maximum absolute atomic E-state index is 13.3. The van der Waals surface area contributed by atoms with Gasteiger partial charge < -0.3 is 15.2 Å². The van der Waals surface area contributed by atoms with Crippen LogP contribution in [-0.4, -0.2) is 23.3 Å². The van der Waals surface area contributed by atoms with E-state index >= 15 is 0 Å². The molecule has 202 valence electrons. The summed E-state index contributed by atoms with van der Waals surface area (Å²) in [6.07, 6.45) is 5.13. The molecule has 2 heterocycles. The number of carbonyl (C=O) groups is 1. The van der Waals surface area contributed by atoms with E-state index in [2.05, 4.69) is 32.9 Å². The lowest BCUT2D eigenvalue weighted by Gasteiger charge is -2.28. The minimum absolute atomic E-state index is 0.0403. The van der Waals surface area contributed by atoms with Gasteiger partial charge in [-0.25, -0.2) is 9.78 Å². The lowest BCUT2D eigenvalue weighted by molar-refractivity contribution is -0.139. The van der Waals surface area contributed by atoms with Crippen LogP contribution in [0.3, 0.4) is 0 Å². The summed E-state index contributed by atoms with van der Waals surface area (Å²) < 4.78 is 11.3. The van der Waals surface area contributed by atoms with Crippen LogP contribution in [0.15, 0.2) is 58.1 Å². The van der Waals surface area contributed by atoms with Gasteiger partial charge in [-0.15, -0.1) is 0 Å². The fourth-order valence-electron chi connectivity index (χ4n) is 4.98. The van der Waals surface area contributed by atoms with Crippen molar-refractivity contribution in [2.24, 2.45) is 5.73 Å². The largest absolute Gasteiger partial charge is 0.463 e. The molecule has 1 aliphatic carbocycles. The van der Waals surface area contributed by atoms with E-state index in [4.69, 9.17) is 20.2 Å². The highest BCUT2D eigenvalue weighted by Crippen LogP contribution is 2.42. The van der Waals surface area contributed by atoms with Gasteiger partial charge in [0.15, 0.2) is 0 Å². The van der Waals surface area contributed by atoms with Gasteiger partial charge in [0.25, 0.3) is 0 Å². The molecule has 2 N–H and O–H groups in total. The van der Waals surface area contributed by atoms with Crippen LogP contribution in [0.25, 0.3) is 0 Å². The highest BCUT2D eigenvalue weighted by Gasteiger charge is 2.38. The molecule has 2 aromatic rings. The Morgan fingerprint density at radius 1 is 1.15 bits per heavy atom. The molecule has 0 unspecified atom stereocenters. The maximum Gasteiger partial charge on any atom is 0.338 e. The van der Waals surface area contributed by atoms with Gasteiger partial charge >= 0.3 is 5.97 Å². The Hall–Kier alpha value is -3.75. The topological polar surface area (TPSA) is 122 Å². The SMILES string of the molecule is CCOC(=O)C1=C(CSc2nc3c(cc2C#N)CCCCC3)OC(N)=C(C#N)[C@@H]1c1ccc(C(C)(C)C)cc1. The van der Waals surface area contributed by atoms with Crippen LogP contribution < -0.4 is 5.73 Å². The number of aryl methyl sites for hydroxylation is 2. The Labute approximate surface area is 234 Å². The Balaban J connectivity index is 1.76. The molecule has 7 nitrogen and oxygen atoms in total. The average Bonchev–Trinajstić information content (AvgIpc) is 3.15. The molecule has 0 fully saturated rings. The zero-order chi connectivity index (χ0) is 28.2. The van der Waals surface area contributed by atoms with Gasteiger partial charge in [-0.1, -0.05) is 63.2 Å². The second kappa shape index (κ2) is 12.0. The molecule has 0 amide bonds. The lowest BCUT2D eigenvalue weighted by Crippen LogP contribution is -2.27. The third-order valence-electron chi connectivity index (χ3n) is 7.08. The van der Waals surface area contributed by atoms with Crippen molar-refractivity contribution in [2.45, 2.75) is 76.2 Å². The fraction of sp³-hybridized carbons (Fsp3) is 0.419. The van der Waals surface area contributed by atoms with Gasteiger partial charge in [-0.2, -0.15) is 10.5 Å². The van der Waals surface area contributed by atoms with Gasteiger partial charge in [0.2, 0.25) is 5.88 Å². The smallest absolute Gasteiger partial charge is 0.338 e. The summed E-state index contributed by atoms with van der Waals surface area (Å²) in [6.45, 7) is 8.28. The van der Waals surface area contributed by atoms with E-state index in [-0.39, 0.29) is 34.8 Å². The molecule has 0 spiro atoms. The van der Waals surface area contributed by atoms with Crippen LogP contribution in [0.2, 0.25) is 0 Å². The van der Waals surface area contributed by atoms with Gasteiger partial charge in [-0.3, -0.25) is 0 Å². The number of pyridine rings is 1. The van der Waals surface area contributed by atoms with E-state index in [1.54, 1.807) is 6.92 Å². The van der Waals surface area contributed by atoms with Gasteiger partial charge in [0.1, 0.15) is 28.5 Å². The number of esters is 1. The molecule has 0 saturated heterocycles. The van der Waals surface area contributed by atoms with E-state index in [9.17, 15) is 15.3 Å². The zero-order valence-corrected chi connectivity index (χ0v) is 23.8. The van der Waals surface area contributed by atoms with E-state index < -0.39 is 11.9 Å². The summed E-state index contributed by atoms with van der Waals surface area (Å²) in [6, 6.07) is 14.2. The van der Waals surface area contributed by atoms with Crippen LogP contribution in [0.4, 0.5) is 0 Å². The predicted octanol–water partition coefficient (Wildman–Crippen LogP) is 5.94. The Bertz CT molecular complexity index is 1410. The van der Waals surface area contributed by atoms with Crippen LogP contribution in [-0.2, 0) is 32.5 Å². The number of carbonyl (C=O) groups excluding carboxylic acids is 1. The first-order valence-electron chi connectivity index (χ1n) is 13.3. The first-order valence-corrected chi connectivity index (χ1v) is 14.3. The molecule has 0 bridgehead atoms. The average molecular weight is 543 g/mol. The minimum atomic E-state index is -0.733. The Kier molecular flexibility index (Phi) is 8.67. The van der Waals surface area contributed by atoms with Gasteiger partial charge in [0, 0.05) is 5.69 Å². The van der Waals surface area contributed by atoms with Crippen LogP contribution in [0.1, 0.15) is 80.8 Å². The Morgan fingerprint density at radius 3 is 2.51 bits per heavy atom. The number of nitriles is 2. The highest BCUT2D eigenvalue weighted by molar-refractivity contribution is 7.99. The van der Waals surface area contributed by atoms with Crippen LogP contribution >= 0.6 is 11.8 Å². The van der Waals surface area contributed by atoms with Crippen molar-refractivity contribution in [1.29, 1.82) is 10.5 Å². The van der Waals surface area contributed by atoms with Crippen molar-refractivity contribution in [3.05, 3.63) is 81.1 Å². The van der Waals surface area contributed by atoms with E-state index in [0.717, 1.165) is 54.5 Å². The summed E-state index contributed by atoms with van der Waals surface area (Å²) in [4.78, 5) is 18.2. The second-order valence-electron chi connectivity index (χ2n) is 10.8. The van der Waals surface area contributed by atoms with Crippen molar-refractivity contribution in [3.8, 4) is 12.1 Å². The summed E-state index contributed by atoms with van der Waals surface area (Å²) >= 11 is 1.33. The molecule has 1 aliphatic heterocycles. The summed E-state index contributed by atoms with van der Waals surface area (Å²) in [5.74, 6) is -0.830. The van der Waals surface area contributed by atoms with Crippen LogP contribution in [0.5, 0.6) is 0 Å². The standard InChI is InChI=1S/C31H34N4O3S/c1-5-37-30(36)27-25(18-39-29-21(16-32)15-20-9-7-6-8-10-24(20)35-29)38-28(34)23(17-33)26(27)19-11-13-22(14-12-19)31(2,3)4/h11-15,26H,5-10,18,34H2,1-4H3/t26-/m0/s1. The van der Waals surface area contributed by atoms with Gasteiger partial charge in [0.05, 0.1) is 29.4 Å². The quantitative estimate of drug-likeness (QED) is 0.270. The molecular formula is C31H34N4O3S. The number of thioether (sulfide) groups is 1. The van der Waals surface area contributed by atoms with E-state index in [0.29, 0.717) is 16.3 Å². The second-order valence-corrected chi connectivity index (χ2v) is 11.7. The number of fused-ring (bicyclic) bond motifs is 1. The summed E-state index contributed by atoms with van der Waals surface area (Å²) in [5.41, 5.74) is 11.1. The fourth-order valence-corrected chi connectivity index (χ4v) is 5.90. The van der Waals surface area contributed by atoms with Crippen molar-refractivity contribution in [3.63, 3.8) is 0 Å². The molecule has 4 rings (SSSR count). The maximum atomic E-state index is 13.3. The number of allylic oxidation sites excluding steroid dienone is 1. The number of aromatic nitrogens is 1. The number of hydrogen-bond acceptors (Lipinski definition) is 8. The first kappa shape index (κ1) is 28.3. The number of ether oxygens (including phenoxy) is 2. The third kappa shape index (κ3) is 6.13. The van der Waals surface area contributed by atoms with Crippen molar-refractivity contribution >= 4 is 17.7 Å². The normalized spacial score (nSPS) is 17.4. The molecule has 0 radical (unpaired) electrons. The van der Waals surface area contributed by atoms with Gasteiger partial charge in [-0.05, 0) is 60.8 Å². The number of hydrogen-bond donors (Lipinski definition) is 1. The highest BCUT2D eigenvalue weighted by atomic mass is 32.2. The number of nitrogens with zero attached hydrogens (tertiary/aromatic N) is 3. The molecule has 39 heavy (non-hydrogen) atoms. The monoisotopic (exact) mass is 542 g/mol. The number of nitrogens with two attached hydrogens (primary N) is 1. The summed E-state index contributed by atoms with van der Waals surface area (Å²) in [5, 5.41) is 20.4. The molecule has 1 atom stereocenters. The number of benzene rings is 1. The Morgan fingerprint density at radius 2 is 1.87 bits per heavy atom. The van der Waals surface area contributed by atoms with Crippen molar-refractivity contribution in [1.82, 2.24) is 4.98 Å². The predicted molar refractivity (Wildman–Crippen MR) is 150 cm³/mol. The van der Waals surface area contributed by atoms with E-state index in [1.807, 2.05) is 30.3 Å². The van der Waals surface area contributed by atoms with E-state index in [1.165, 1.54) is 11.8 Å². The molecule has 8 heteroatoms. The first-order chi connectivity index (χ1) is 18.7. The van der Waals surface area contributed by atoms with Crippen molar-refractivity contribution in [2.75, 3.05) is 12.4 Å². The van der Waals surface area contributed by atoms with Crippen molar-refractivity contribution < 1.29 is 14.3 Å². The third-order valence-corrected chi connectivity index (χ3v) is 8.07.